The summed E-state index contributed by atoms with van der Waals surface area (Å²) in [5.74, 6) is 0. The number of rotatable bonds is 4. The quantitative estimate of drug-likeness (QED) is 0.745. The predicted octanol–water partition coefficient (Wildman–Crippen LogP) is 0.736. The van der Waals surface area contributed by atoms with Crippen molar-refractivity contribution in [1.82, 2.24) is 14.8 Å². The maximum absolute atomic E-state index is 11.5. The van der Waals surface area contributed by atoms with E-state index in [0.29, 0.717) is 12.6 Å². The molecule has 1 aliphatic carbocycles. The Bertz CT molecular complexity index is 404. The Kier molecular flexibility index (Phi) is 2.64. The lowest BCUT2D eigenvalue weighted by atomic mass is 10.2. The number of nitrogens with two attached hydrogens (primary N) is 1. The highest BCUT2D eigenvalue weighted by Gasteiger charge is 2.30. The average molecular weight is 228 g/mol. The Morgan fingerprint density at radius 3 is 2.87 bits per heavy atom. The summed E-state index contributed by atoms with van der Waals surface area (Å²) in [7, 11) is 0. The van der Waals surface area contributed by atoms with Crippen LogP contribution in [0.4, 0.5) is 0 Å². The Balaban J connectivity index is 2.25. The van der Waals surface area contributed by atoms with E-state index in [0.717, 1.165) is 18.0 Å². The van der Waals surface area contributed by atoms with E-state index < -0.39 is 0 Å². The van der Waals surface area contributed by atoms with Gasteiger partial charge in [0.25, 0.3) is 0 Å². The van der Waals surface area contributed by atoms with Crippen LogP contribution in [0.1, 0.15) is 32.7 Å². The molecule has 2 rings (SSSR count). The Labute approximate surface area is 92.4 Å². The second-order valence-corrected chi connectivity index (χ2v) is 6.15. The normalized spacial score (nSPS) is 17.0. The number of H-pyrrole nitrogens is 1. The molecule has 1 aliphatic rings. The highest BCUT2D eigenvalue weighted by atomic mass is 32.2. The number of thioether (sulfide) groups is 1. The van der Waals surface area contributed by atoms with Gasteiger partial charge in [-0.1, -0.05) is 11.8 Å². The zero-order valence-electron chi connectivity index (χ0n) is 8.99. The first-order valence-electron chi connectivity index (χ1n) is 5.09. The third kappa shape index (κ3) is 2.26. The van der Waals surface area contributed by atoms with Gasteiger partial charge in [-0.2, -0.15) is 0 Å². The highest BCUT2D eigenvalue weighted by Crippen LogP contribution is 2.38. The van der Waals surface area contributed by atoms with E-state index in [-0.39, 0.29) is 10.4 Å². The molecule has 1 saturated carbocycles. The lowest BCUT2D eigenvalue weighted by molar-refractivity contribution is 0.632. The highest BCUT2D eigenvalue weighted by molar-refractivity contribution is 8.00. The van der Waals surface area contributed by atoms with E-state index in [1.807, 2.05) is 13.8 Å². The van der Waals surface area contributed by atoms with Gasteiger partial charge in [0.15, 0.2) is 5.16 Å². The Morgan fingerprint density at radius 1 is 1.67 bits per heavy atom. The number of hydrogen-bond acceptors (Lipinski definition) is 4. The van der Waals surface area contributed by atoms with E-state index in [2.05, 4.69) is 10.2 Å². The van der Waals surface area contributed by atoms with Gasteiger partial charge in [0.05, 0.1) is 0 Å². The number of nitrogens with one attached hydrogen (secondary N) is 1. The zero-order valence-corrected chi connectivity index (χ0v) is 9.80. The van der Waals surface area contributed by atoms with Crippen LogP contribution in [0, 0.1) is 0 Å². The lowest BCUT2D eigenvalue weighted by Crippen LogP contribution is -2.27. The van der Waals surface area contributed by atoms with Crippen LogP contribution in [0.2, 0.25) is 0 Å². The third-order valence-electron chi connectivity index (χ3n) is 2.44. The molecule has 0 bridgehead atoms. The molecule has 1 aromatic rings. The van der Waals surface area contributed by atoms with Crippen LogP contribution in [0.25, 0.3) is 0 Å². The van der Waals surface area contributed by atoms with Crippen molar-refractivity contribution in [1.29, 1.82) is 0 Å². The molecule has 1 fully saturated rings. The molecule has 1 aromatic heterocycles. The van der Waals surface area contributed by atoms with E-state index in [9.17, 15) is 4.79 Å². The van der Waals surface area contributed by atoms with Gasteiger partial charge in [-0.25, -0.2) is 9.89 Å². The van der Waals surface area contributed by atoms with Crippen molar-refractivity contribution in [3.8, 4) is 0 Å². The van der Waals surface area contributed by atoms with Crippen LogP contribution >= 0.6 is 11.8 Å². The fraction of sp³-hybridized carbons (Fsp3) is 0.778. The zero-order chi connectivity index (χ0) is 11.1. The largest absolute Gasteiger partial charge is 0.344 e. The van der Waals surface area contributed by atoms with Crippen molar-refractivity contribution >= 4 is 11.8 Å². The molecule has 0 radical (unpaired) electrons. The van der Waals surface area contributed by atoms with Crippen LogP contribution < -0.4 is 11.4 Å². The molecule has 6 heteroatoms. The minimum atomic E-state index is -0.104. The van der Waals surface area contributed by atoms with E-state index in [1.54, 1.807) is 16.3 Å². The monoisotopic (exact) mass is 228 g/mol. The SMILES string of the molecule is CC(C)(CN)Sc1n[nH]c(=O)n1C1CC1. The standard InChI is InChI=1S/C9H16N4OS/c1-9(2,5-10)15-8-12-11-7(14)13(8)6-3-4-6/h6H,3-5,10H2,1-2H3,(H,11,14). The molecule has 0 aliphatic heterocycles. The summed E-state index contributed by atoms with van der Waals surface area (Å²) in [6.45, 7) is 4.66. The molecule has 1 heterocycles. The van der Waals surface area contributed by atoms with Crippen molar-refractivity contribution in [3.63, 3.8) is 0 Å². The number of nitrogens with zero attached hydrogens (tertiary/aromatic N) is 2. The van der Waals surface area contributed by atoms with Gasteiger partial charge >= 0.3 is 5.69 Å². The number of aromatic nitrogens is 3. The molecular formula is C9H16N4OS. The summed E-state index contributed by atoms with van der Waals surface area (Å²) < 4.78 is 1.67. The topological polar surface area (TPSA) is 76.7 Å². The third-order valence-corrected chi connectivity index (χ3v) is 3.63. The van der Waals surface area contributed by atoms with Crippen molar-refractivity contribution in [3.05, 3.63) is 10.5 Å². The number of aromatic amines is 1. The van der Waals surface area contributed by atoms with E-state index >= 15 is 0 Å². The summed E-state index contributed by atoms with van der Waals surface area (Å²) in [5, 5.41) is 7.31. The van der Waals surface area contributed by atoms with Crippen LogP contribution in [-0.4, -0.2) is 26.1 Å². The molecule has 0 atom stereocenters. The van der Waals surface area contributed by atoms with Crippen LogP contribution in [0.3, 0.4) is 0 Å². The first-order valence-corrected chi connectivity index (χ1v) is 5.91. The second-order valence-electron chi connectivity index (χ2n) is 4.48. The Hall–Kier alpha value is -0.750. The summed E-state index contributed by atoms with van der Waals surface area (Å²) >= 11 is 1.56. The maximum atomic E-state index is 11.5. The summed E-state index contributed by atoms with van der Waals surface area (Å²) in [5.41, 5.74) is 5.55. The minimum Gasteiger partial charge on any atom is -0.329 e. The first kappa shape index (κ1) is 10.8. The number of hydrogen-bond donors (Lipinski definition) is 2. The minimum absolute atomic E-state index is 0.0850. The van der Waals surface area contributed by atoms with Gasteiger partial charge in [-0.15, -0.1) is 5.10 Å². The molecule has 0 aromatic carbocycles. The predicted molar refractivity (Wildman–Crippen MR) is 60.1 cm³/mol. The van der Waals surface area contributed by atoms with Gasteiger partial charge in [0, 0.05) is 17.3 Å². The second kappa shape index (κ2) is 3.68. The van der Waals surface area contributed by atoms with Crippen LogP contribution in [0.15, 0.2) is 9.95 Å². The fourth-order valence-electron chi connectivity index (χ4n) is 1.31. The van der Waals surface area contributed by atoms with Crippen molar-refractivity contribution in [2.45, 2.75) is 42.6 Å². The molecule has 3 N–H and O–H groups in total. The lowest BCUT2D eigenvalue weighted by Gasteiger charge is -2.20. The van der Waals surface area contributed by atoms with Gasteiger partial charge in [-0.3, -0.25) is 4.57 Å². The van der Waals surface area contributed by atoms with E-state index in [1.165, 1.54) is 0 Å². The van der Waals surface area contributed by atoms with Gasteiger partial charge < -0.3 is 5.73 Å². The van der Waals surface area contributed by atoms with Crippen molar-refractivity contribution in [2.24, 2.45) is 5.73 Å². The summed E-state index contributed by atoms with van der Waals surface area (Å²) in [6, 6.07) is 0.354. The average Bonchev–Trinajstić information content (AvgIpc) is 2.94. The first-order chi connectivity index (χ1) is 7.03. The van der Waals surface area contributed by atoms with Gasteiger partial charge in [-0.05, 0) is 26.7 Å². The molecule has 0 amide bonds. The molecule has 5 nitrogen and oxygen atoms in total. The van der Waals surface area contributed by atoms with E-state index in [4.69, 9.17) is 5.73 Å². The van der Waals surface area contributed by atoms with Gasteiger partial charge in [0.2, 0.25) is 0 Å². The molecule has 15 heavy (non-hydrogen) atoms. The molecule has 0 spiro atoms. The van der Waals surface area contributed by atoms with Crippen LogP contribution in [0.5, 0.6) is 0 Å². The van der Waals surface area contributed by atoms with Crippen LogP contribution in [-0.2, 0) is 0 Å². The summed E-state index contributed by atoms with van der Waals surface area (Å²) in [6.07, 6.45) is 2.16. The molecule has 0 unspecified atom stereocenters. The van der Waals surface area contributed by atoms with Gasteiger partial charge in [0.1, 0.15) is 0 Å². The molecule has 84 valence electrons. The smallest absolute Gasteiger partial charge is 0.329 e. The molecule has 0 saturated heterocycles. The Morgan fingerprint density at radius 2 is 2.33 bits per heavy atom. The van der Waals surface area contributed by atoms with Crippen molar-refractivity contribution < 1.29 is 0 Å². The fourth-order valence-corrected chi connectivity index (χ4v) is 2.30. The summed E-state index contributed by atoms with van der Waals surface area (Å²) in [4.78, 5) is 11.5. The molecular weight excluding hydrogens is 212 g/mol. The van der Waals surface area contributed by atoms with Crippen molar-refractivity contribution in [2.75, 3.05) is 6.54 Å². The maximum Gasteiger partial charge on any atom is 0.344 e.